The molecule has 20 heavy (non-hydrogen) atoms. The largest absolute Gasteiger partial charge is 0.442 e. The van der Waals surface area contributed by atoms with Crippen molar-refractivity contribution in [2.45, 2.75) is 18.3 Å². The van der Waals surface area contributed by atoms with Gasteiger partial charge in [-0.05, 0) is 37.7 Å². The second-order valence-corrected chi connectivity index (χ2v) is 5.73. The topological polar surface area (TPSA) is 50.4 Å². The van der Waals surface area contributed by atoms with Crippen LogP contribution < -0.4 is 10.6 Å². The number of piperidine rings is 1. The van der Waals surface area contributed by atoms with Crippen LogP contribution in [0.4, 0.5) is 13.2 Å². The number of carbonyl (C=O) groups excluding carboxylic acids is 1. The molecule has 0 bridgehead atoms. The number of hydrogen-bond acceptors (Lipinski definition) is 4. The summed E-state index contributed by atoms with van der Waals surface area (Å²) in [6.07, 6.45) is 1.68. The highest BCUT2D eigenvalue weighted by molar-refractivity contribution is 8.00. The van der Waals surface area contributed by atoms with Crippen molar-refractivity contribution in [2.75, 3.05) is 39.1 Å². The summed E-state index contributed by atoms with van der Waals surface area (Å²) < 4.78 is 41.1. The third-order valence-electron chi connectivity index (χ3n) is 3.14. The molecule has 1 aliphatic heterocycles. The Morgan fingerprint density at radius 3 is 2.50 bits per heavy atom. The molecule has 4 nitrogen and oxygen atoms in total. The Balaban J connectivity index is 0.00000361. The summed E-state index contributed by atoms with van der Waals surface area (Å²) in [7, 11) is 1.59. The Hall–Kier alpha value is -0.180. The van der Waals surface area contributed by atoms with E-state index in [0.29, 0.717) is 13.2 Å². The fourth-order valence-corrected chi connectivity index (χ4v) is 2.52. The molecule has 0 unspecified atom stereocenters. The highest BCUT2D eigenvalue weighted by Crippen LogP contribution is 2.30. The molecule has 0 aromatic rings. The lowest BCUT2D eigenvalue weighted by Gasteiger charge is -2.37. The number of halogens is 4. The zero-order valence-corrected chi connectivity index (χ0v) is 12.8. The van der Waals surface area contributed by atoms with Crippen LogP contribution in [0.2, 0.25) is 0 Å². The van der Waals surface area contributed by atoms with Crippen molar-refractivity contribution in [2.24, 2.45) is 5.41 Å². The van der Waals surface area contributed by atoms with Crippen molar-refractivity contribution in [3.05, 3.63) is 0 Å². The lowest BCUT2D eigenvalue weighted by molar-refractivity contribution is -0.119. The highest BCUT2D eigenvalue weighted by Gasteiger charge is 2.33. The number of methoxy groups -OCH3 is 1. The van der Waals surface area contributed by atoms with Gasteiger partial charge < -0.3 is 15.4 Å². The zero-order valence-electron chi connectivity index (χ0n) is 11.2. The predicted octanol–water partition coefficient (Wildman–Crippen LogP) is 1.79. The van der Waals surface area contributed by atoms with Gasteiger partial charge in [0.05, 0.1) is 12.4 Å². The van der Waals surface area contributed by atoms with Gasteiger partial charge in [0.15, 0.2) is 0 Å². The highest BCUT2D eigenvalue weighted by atomic mass is 35.5. The third-order valence-corrected chi connectivity index (χ3v) is 3.88. The molecule has 0 aliphatic carbocycles. The van der Waals surface area contributed by atoms with Gasteiger partial charge >= 0.3 is 5.51 Å². The first kappa shape index (κ1) is 19.8. The summed E-state index contributed by atoms with van der Waals surface area (Å²) in [5, 5.41) is 5.79. The molecule has 0 radical (unpaired) electrons. The molecule has 0 aromatic heterocycles. The van der Waals surface area contributed by atoms with Crippen LogP contribution in [0.25, 0.3) is 0 Å². The van der Waals surface area contributed by atoms with Gasteiger partial charge in [0.1, 0.15) is 0 Å². The van der Waals surface area contributed by atoms with Crippen LogP contribution in [-0.4, -0.2) is 50.5 Å². The molecule has 1 aliphatic rings. The van der Waals surface area contributed by atoms with E-state index < -0.39 is 17.2 Å². The van der Waals surface area contributed by atoms with E-state index in [9.17, 15) is 18.0 Å². The maximum absolute atomic E-state index is 12.0. The smallest absolute Gasteiger partial charge is 0.384 e. The Morgan fingerprint density at radius 1 is 1.40 bits per heavy atom. The molecule has 1 saturated heterocycles. The van der Waals surface area contributed by atoms with Gasteiger partial charge in [0, 0.05) is 19.1 Å². The van der Waals surface area contributed by atoms with Crippen molar-refractivity contribution in [3.8, 4) is 0 Å². The molecule has 0 saturated carbocycles. The lowest BCUT2D eigenvalue weighted by Crippen LogP contribution is -2.47. The summed E-state index contributed by atoms with van der Waals surface area (Å²) >= 11 is -0.315. The monoisotopic (exact) mass is 336 g/mol. The zero-order chi connectivity index (χ0) is 14.4. The normalized spacial score (nSPS) is 18.2. The number of nitrogens with one attached hydrogen (secondary N) is 2. The van der Waals surface area contributed by atoms with Gasteiger partial charge in [-0.3, -0.25) is 4.79 Å². The summed E-state index contributed by atoms with van der Waals surface area (Å²) in [5.74, 6) is -1.18. The van der Waals surface area contributed by atoms with Crippen molar-refractivity contribution in [1.82, 2.24) is 10.6 Å². The van der Waals surface area contributed by atoms with Crippen LogP contribution in [0, 0.1) is 5.41 Å². The fraction of sp³-hybridized carbons (Fsp3) is 0.909. The second kappa shape index (κ2) is 8.96. The summed E-state index contributed by atoms with van der Waals surface area (Å²) in [6, 6.07) is 0. The molecule has 0 spiro atoms. The first-order valence-electron chi connectivity index (χ1n) is 6.04. The van der Waals surface area contributed by atoms with Crippen LogP contribution in [0.15, 0.2) is 0 Å². The molecule has 1 amide bonds. The van der Waals surface area contributed by atoms with Crippen molar-refractivity contribution in [3.63, 3.8) is 0 Å². The molecule has 1 heterocycles. The summed E-state index contributed by atoms with van der Waals surface area (Å²) in [4.78, 5) is 11.4. The predicted molar refractivity (Wildman–Crippen MR) is 75.2 cm³/mol. The minimum atomic E-state index is -4.36. The van der Waals surface area contributed by atoms with Crippen LogP contribution >= 0.6 is 24.2 Å². The third kappa shape index (κ3) is 7.56. The van der Waals surface area contributed by atoms with E-state index in [0.717, 1.165) is 25.9 Å². The maximum Gasteiger partial charge on any atom is 0.442 e. The minimum Gasteiger partial charge on any atom is -0.384 e. The Labute approximate surface area is 127 Å². The first-order chi connectivity index (χ1) is 8.87. The van der Waals surface area contributed by atoms with Crippen LogP contribution in [0.3, 0.4) is 0 Å². The lowest BCUT2D eigenvalue weighted by atomic mass is 9.79. The van der Waals surface area contributed by atoms with Gasteiger partial charge in [0.2, 0.25) is 5.91 Å². The number of rotatable bonds is 6. The Bertz CT molecular complexity index is 294. The van der Waals surface area contributed by atoms with Crippen molar-refractivity contribution in [1.29, 1.82) is 0 Å². The molecule has 120 valence electrons. The van der Waals surface area contributed by atoms with E-state index in [1.54, 1.807) is 7.11 Å². The van der Waals surface area contributed by atoms with Gasteiger partial charge in [-0.25, -0.2) is 0 Å². The standard InChI is InChI=1S/C11H19F3N2O2S.ClH/c1-18-8-10(2-4-15-5-3-10)7-16-9(17)6-19-11(12,13)14;/h15H,2-8H2,1H3,(H,16,17);1H. The van der Waals surface area contributed by atoms with Crippen LogP contribution in [0.5, 0.6) is 0 Å². The van der Waals surface area contributed by atoms with Crippen LogP contribution in [-0.2, 0) is 9.53 Å². The molecular weight excluding hydrogens is 317 g/mol. The summed E-state index contributed by atoms with van der Waals surface area (Å²) in [6.45, 7) is 2.52. The average molecular weight is 337 g/mol. The van der Waals surface area contributed by atoms with E-state index in [-0.39, 0.29) is 29.6 Å². The Kier molecular flexibility index (Phi) is 8.88. The number of hydrogen-bond donors (Lipinski definition) is 2. The van der Waals surface area contributed by atoms with Gasteiger partial charge in [-0.1, -0.05) is 0 Å². The number of alkyl halides is 3. The summed E-state index contributed by atoms with van der Waals surface area (Å²) in [5.41, 5.74) is -4.53. The molecule has 1 fully saturated rings. The van der Waals surface area contributed by atoms with E-state index in [1.165, 1.54) is 0 Å². The van der Waals surface area contributed by atoms with Gasteiger partial charge in [0.25, 0.3) is 0 Å². The van der Waals surface area contributed by atoms with E-state index >= 15 is 0 Å². The molecule has 1 rings (SSSR count). The quantitative estimate of drug-likeness (QED) is 0.776. The molecule has 0 aromatic carbocycles. The molecule has 0 atom stereocenters. The number of ether oxygens (including phenoxy) is 1. The molecular formula is C11H20ClF3N2O2S. The SMILES string of the molecule is COCC1(CNC(=O)CSC(F)(F)F)CCNCC1.Cl. The minimum absolute atomic E-state index is 0. The maximum atomic E-state index is 12.0. The van der Waals surface area contributed by atoms with Gasteiger partial charge in [-0.2, -0.15) is 13.2 Å². The molecule has 2 N–H and O–H groups in total. The van der Waals surface area contributed by atoms with Gasteiger partial charge in [-0.15, -0.1) is 12.4 Å². The molecule has 9 heteroatoms. The van der Waals surface area contributed by atoms with Crippen molar-refractivity contribution >= 4 is 30.1 Å². The van der Waals surface area contributed by atoms with E-state index in [1.807, 2.05) is 0 Å². The second-order valence-electron chi connectivity index (χ2n) is 4.69. The average Bonchev–Trinajstić information content (AvgIpc) is 2.35. The Morgan fingerprint density at radius 2 is 2.00 bits per heavy atom. The van der Waals surface area contributed by atoms with Crippen LogP contribution in [0.1, 0.15) is 12.8 Å². The first-order valence-corrected chi connectivity index (χ1v) is 7.02. The number of amides is 1. The number of carbonyl (C=O) groups is 1. The van der Waals surface area contributed by atoms with E-state index in [2.05, 4.69) is 10.6 Å². The number of thioether (sulfide) groups is 1. The van der Waals surface area contributed by atoms with Crippen molar-refractivity contribution < 1.29 is 22.7 Å². The van der Waals surface area contributed by atoms with E-state index in [4.69, 9.17) is 4.74 Å². The fourth-order valence-electron chi connectivity index (χ4n) is 2.12.